The summed E-state index contributed by atoms with van der Waals surface area (Å²) in [7, 11) is 1.33. The molecule has 0 saturated carbocycles. The number of methoxy groups -OCH3 is 1. The van der Waals surface area contributed by atoms with Gasteiger partial charge < -0.3 is 19.7 Å². The number of esters is 1. The molecule has 0 aliphatic carbocycles. The molecule has 9 heteroatoms. The Kier molecular flexibility index (Phi) is 9.36. The normalized spacial score (nSPS) is 25.8. The maximum absolute atomic E-state index is 14.0. The van der Waals surface area contributed by atoms with Gasteiger partial charge in [-0.05, 0) is 49.0 Å². The maximum Gasteiger partial charge on any atom is 0.320 e. The van der Waals surface area contributed by atoms with Gasteiger partial charge in [-0.15, -0.1) is 0 Å². The first kappa shape index (κ1) is 29.5. The number of halogens is 2. The molecule has 0 radical (unpaired) electrons. The van der Waals surface area contributed by atoms with E-state index in [2.05, 4.69) is 5.32 Å². The Morgan fingerprint density at radius 1 is 1.27 bits per heavy atom. The van der Waals surface area contributed by atoms with E-state index < -0.39 is 23.4 Å². The minimum absolute atomic E-state index is 0.0329. The van der Waals surface area contributed by atoms with Crippen molar-refractivity contribution in [3.8, 4) is 0 Å². The van der Waals surface area contributed by atoms with Crippen LogP contribution >= 0.6 is 23.2 Å². The number of fused-ring (bicyclic) bond motifs is 1. The summed E-state index contributed by atoms with van der Waals surface area (Å²) in [5.41, 5.74) is -0.320. The van der Waals surface area contributed by atoms with Gasteiger partial charge in [-0.1, -0.05) is 63.4 Å². The van der Waals surface area contributed by atoms with E-state index in [0.29, 0.717) is 27.9 Å². The summed E-state index contributed by atoms with van der Waals surface area (Å²) in [6.07, 6.45) is 2.82. The van der Waals surface area contributed by atoms with Crippen LogP contribution < -0.4 is 5.32 Å². The van der Waals surface area contributed by atoms with Crippen LogP contribution in [0.1, 0.15) is 65.9 Å². The van der Waals surface area contributed by atoms with Crippen LogP contribution in [0.2, 0.25) is 10.0 Å². The summed E-state index contributed by atoms with van der Waals surface area (Å²) in [6.45, 7) is 10.7. The number of carbonyl (C=O) groups excluding carboxylic acids is 3. The first-order valence-electron chi connectivity index (χ1n) is 12.8. The average molecular weight is 554 g/mol. The van der Waals surface area contributed by atoms with E-state index in [9.17, 15) is 14.4 Å². The number of amides is 2. The first-order valence-corrected chi connectivity index (χ1v) is 13.6. The van der Waals surface area contributed by atoms with Crippen LogP contribution in [0.25, 0.3) is 0 Å². The predicted octanol–water partition coefficient (Wildman–Crippen LogP) is 5.53. The van der Waals surface area contributed by atoms with E-state index in [0.717, 1.165) is 12.8 Å². The largest absolute Gasteiger partial charge is 0.468 e. The molecule has 204 valence electrons. The number of hydrogen-bond acceptors (Lipinski definition) is 5. The highest BCUT2D eigenvalue weighted by Crippen LogP contribution is 2.52. The zero-order valence-electron chi connectivity index (χ0n) is 22.5. The Labute approximate surface area is 229 Å². The van der Waals surface area contributed by atoms with Crippen molar-refractivity contribution < 1.29 is 23.9 Å². The number of piperidine rings is 1. The standard InChI is InChI=1S/C28H38Cl2N2O5/c1-7-8-11-31-24(33)12-19-15-28(26(35)36-6)17(2)37-23(27(3,4)5)14-22(28)32(25(19)34)16-18-9-10-20(29)13-21(18)30/h9-10,13-14,17,19,23H,7-8,11-12,15-16H2,1-6H3,(H,31,33)/t17-,19+,23-,28+/m1/s1. The predicted molar refractivity (Wildman–Crippen MR) is 144 cm³/mol. The third-order valence-electron chi connectivity index (χ3n) is 7.32. The molecule has 1 aromatic rings. The van der Waals surface area contributed by atoms with Crippen molar-refractivity contribution in [1.29, 1.82) is 0 Å². The van der Waals surface area contributed by atoms with Gasteiger partial charge >= 0.3 is 5.97 Å². The molecule has 3 rings (SSSR count). The molecule has 2 amide bonds. The van der Waals surface area contributed by atoms with E-state index in [1.807, 2.05) is 40.7 Å². The summed E-state index contributed by atoms with van der Waals surface area (Å²) in [4.78, 5) is 41.9. The van der Waals surface area contributed by atoms with Gasteiger partial charge in [-0.25, -0.2) is 0 Å². The van der Waals surface area contributed by atoms with Gasteiger partial charge in [0.15, 0.2) is 0 Å². The van der Waals surface area contributed by atoms with Gasteiger partial charge in [0.25, 0.3) is 0 Å². The minimum atomic E-state index is -1.25. The van der Waals surface area contributed by atoms with E-state index in [1.54, 1.807) is 23.1 Å². The lowest BCUT2D eigenvalue weighted by molar-refractivity contribution is -0.180. The summed E-state index contributed by atoms with van der Waals surface area (Å²) in [5.74, 6) is -1.68. The van der Waals surface area contributed by atoms with Gasteiger partial charge in [-0.3, -0.25) is 14.4 Å². The second-order valence-electron chi connectivity index (χ2n) is 11.0. The summed E-state index contributed by atoms with van der Waals surface area (Å²) in [6, 6.07) is 5.10. The average Bonchev–Trinajstić information content (AvgIpc) is 2.82. The fraction of sp³-hybridized carbons (Fsp3) is 0.607. The van der Waals surface area contributed by atoms with Gasteiger partial charge in [-0.2, -0.15) is 0 Å². The number of likely N-dealkylation sites (tertiary alicyclic amines) is 1. The highest BCUT2D eigenvalue weighted by Gasteiger charge is 2.60. The molecule has 0 unspecified atom stereocenters. The molecule has 2 aliphatic heterocycles. The number of unbranched alkanes of at least 4 members (excludes halogenated alkanes) is 1. The number of benzene rings is 1. The quantitative estimate of drug-likeness (QED) is 0.338. The highest BCUT2D eigenvalue weighted by molar-refractivity contribution is 6.35. The summed E-state index contributed by atoms with van der Waals surface area (Å²) < 4.78 is 11.7. The lowest BCUT2D eigenvalue weighted by atomic mass is 9.65. The maximum atomic E-state index is 14.0. The molecule has 37 heavy (non-hydrogen) atoms. The Hall–Kier alpha value is -2.09. The molecule has 4 atom stereocenters. The molecule has 1 saturated heterocycles. The topological polar surface area (TPSA) is 84.9 Å². The molecule has 1 fully saturated rings. The summed E-state index contributed by atoms with van der Waals surface area (Å²) >= 11 is 12.6. The lowest BCUT2D eigenvalue weighted by Crippen LogP contribution is -2.61. The van der Waals surface area contributed by atoms with Crippen LogP contribution in [0, 0.1) is 16.7 Å². The monoisotopic (exact) mass is 552 g/mol. The van der Waals surface area contributed by atoms with Crippen LogP contribution in [-0.4, -0.2) is 48.5 Å². The van der Waals surface area contributed by atoms with Crippen LogP contribution in [0.15, 0.2) is 30.0 Å². The van der Waals surface area contributed by atoms with Crippen molar-refractivity contribution in [2.45, 2.75) is 79.1 Å². The van der Waals surface area contributed by atoms with Crippen molar-refractivity contribution in [2.75, 3.05) is 13.7 Å². The zero-order valence-corrected chi connectivity index (χ0v) is 24.0. The van der Waals surface area contributed by atoms with Crippen LogP contribution in [-0.2, 0) is 30.4 Å². The molecular weight excluding hydrogens is 515 g/mol. The Bertz CT molecular complexity index is 1070. The number of rotatable bonds is 8. The van der Waals surface area contributed by atoms with Crippen molar-refractivity contribution in [2.24, 2.45) is 16.7 Å². The molecule has 7 nitrogen and oxygen atoms in total. The Morgan fingerprint density at radius 3 is 2.57 bits per heavy atom. The molecule has 0 bridgehead atoms. The SMILES string of the molecule is CCCCNC(=O)C[C@H]1C[C@@]2(C(=O)OC)C(=C[C@H](C(C)(C)C)O[C@@H]2C)N(Cc2ccc(Cl)cc2Cl)C1=O. The Morgan fingerprint density at radius 2 is 1.97 bits per heavy atom. The van der Waals surface area contributed by atoms with E-state index in [4.69, 9.17) is 32.7 Å². The van der Waals surface area contributed by atoms with E-state index in [1.165, 1.54) is 7.11 Å². The number of nitrogens with zero attached hydrogens (tertiary/aromatic N) is 1. The van der Waals surface area contributed by atoms with Crippen molar-refractivity contribution in [3.05, 3.63) is 45.6 Å². The third-order valence-corrected chi connectivity index (χ3v) is 7.90. The third kappa shape index (κ3) is 6.15. The smallest absolute Gasteiger partial charge is 0.320 e. The number of nitrogens with one attached hydrogen (secondary N) is 1. The molecule has 1 N–H and O–H groups in total. The van der Waals surface area contributed by atoms with Gasteiger partial charge in [0.05, 0.1) is 25.9 Å². The van der Waals surface area contributed by atoms with E-state index in [-0.39, 0.29) is 42.7 Å². The molecule has 0 spiro atoms. The molecule has 0 aromatic heterocycles. The van der Waals surface area contributed by atoms with Crippen LogP contribution in [0.4, 0.5) is 0 Å². The van der Waals surface area contributed by atoms with Gasteiger partial charge in [0.1, 0.15) is 5.41 Å². The highest BCUT2D eigenvalue weighted by atomic mass is 35.5. The van der Waals surface area contributed by atoms with E-state index >= 15 is 0 Å². The number of ether oxygens (including phenoxy) is 2. The second-order valence-corrected chi connectivity index (χ2v) is 11.9. The van der Waals surface area contributed by atoms with Crippen molar-refractivity contribution in [3.63, 3.8) is 0 Å². The molecule has 2 aliphatic rings. The Balaban J connectivity index is 2.12. The van der Waals surface area contributed by atoms with Gasteiger partial charge in [0, 0.05) is 34.6 Å². The fourth-order valence-electron chi connectivity index (χ4n) is 5.13. The minimum Gasteiger partial charge on any atom is -0.468 e. The van der Waals surface area contributed by atoms with Crippen molar-refractivity contribution in [1.82, 2.24) is 10.2 Å². The summed E-state index contributed by atoms with van der Waals surface area (Å²) in [5, 5.41) is 3.79. The molecular formula is C28H38Cl2N2O5. The number of carbonyl (C=O) groups is 3. The lowest BCUT2D eigenvalue weighted by Gasteiger charge is -2.53. The van der Waals surface area contributed by atoms with Crippen molar-refractivity contribution >= 4 is 41.0 Å². The fourth-order valence-corrected chi connectivity index (χ4v) is 5.59. The number of hydrogen-bond donors (Lipinski definition) is 1. The zero-order chi connectivity index (χ0) is 27.5. The molecule has 1 aromatic carbocycles. The van der Waals surface area contributed by atoms with Gasteiger partial charge in [0.2, 0.25) is 11.8 Å². The van der Waals surface area contributed by atoms with Crippen LogP contribution in [0.3, 0.4) is 0 Å². The van der Waals surface area contributed by atoms with Crippen LogP contribution in [0.5, 0.6) is 0 Å². The molecule has 2 heterocycles. The second kappa shape index (κ2) is 11.7. The first-order chi connectivity index (χ1) is 17.3.